The Kier molecular flexibility index (Phi) is 2.39. The standard InChI is InChI=1S/C9H8O/c10-8-7-9-5-3-1-2-4-6-9/h1-5,10H,6H2. The van der Waals surface area contributed by atoms with Crippen LogP contribution in [0.5, 0.6) is 0 Å². The van der Waals surface area contributed by atoms with Gasteiger partial charge >= 0.3 is 0 Å². The predicted octanol–water partition coefficient (Wildman–Crippen LogP) is 1.76. The van der Waals surface area contributed by atoms with Crippen LogP contribution in [-0.4, -0.2) is 5.11 Å². The summed E-state index contributed by atoms with van der Waals surface area (Å²) in [6.45, 7) is 0. The molecule has 1 N–H and O–H groups in total. The van der Waals surface area contributed by atoms with Gasteiger partial charge in [0.25, 0.3) is 0 Å². The first-order chi connectivity index (χ1) is 4.93. The summed E-state index contributed by atoms with van der Waals surface area (Å²) in [6.07, 6.45) is 12.4. The van der Waals surface area contributed by atoms with Crippen molar-refractivity contribution in [2.24, 2.45) is 0 Å². The van der Waals surface area contributed by atoms with E-state index in [1.807, 2.05) is 36.5 Å². The maximum atomic E-state index is 8.26. The summed E-state index contributed by atoms with van der Waals surface area (Å²) in [5.74, 6) is 2.59. The molecule has 0 atom stereocenters. The fraction of sp³-hybridized carbons (Fsp3) is 0.111. The molecule has 1 heteroatoms. The molecule has 0 saturated heterocycles. The van der Waals surface area contributed by atoms with E-state index in [0.29, 0.717) is 0 Å². The van der Waals surface area contributed by atoms with Gasteiger partial charge in [0.2, 0.25) is 0 Å². The molecule has 10 heavy (non-hydrogen) atoms. The van der Waals surface area contributed by atoms with Crippen LogP contribution in [0.1, 0.15) is 6.42 Å². The van der Waals surface area contributed by atoms with E-state index in [2.05, 4.69) is 5.92 Å². The van der Waals surface area contributed by atoms with E-state index in [1.54, 1.807) is 0 Å². The maximum Gasteiger partial charge on any atom is 0.112 e. The molecule has 0 unspecified atom stereocenters. The fourth-order valence-corrected chi connectivity index (χ4v) is 0.742. The lowest BCUT2D eigenvalue weighted by molar-refractivity contribution is 0.517. The zero-order chi connectivity index (χ0) is 7.23. The summed E-state index contributed by atoms with van der Waals surface area (Å²) >= 11 is 0. The number of aliphatic hydroxyl groups is 1. The van der Waals surface area contributed by atoms with E-state index in [4.69, 9.17) is 5.11 Å². The van der Waals surface area contributed by atoms with Crippen LogP contribution in [-0.2, 0) is 0 Å². The zero-order valence-electron chi connectivity index (χ0n) is 5.54. The molecule has 0 heterocycles. The lowest BCUT2D eigenvalue weighted by Gasteiger charge is -1.86. The Balaban J connectivity index is 2.74. The van der Waals surface area contributed by atoms with E-state index in [1.165, 1.54) is 0 Å². The third-order valence-electron chi connectivity index (χ3n) is 1.21. The van der Waals surface area contributed by atoms with Crippen molar-refractivity contribution in [2.75, 3.05) is 0 Å². The molecule has 0 bridgehead atoms. The fourth-order valence-electron chi connectivity index (χ4n) is 0.742. The van der Waals surface area contributed by atoms with Gasteiger partial charge in [-0.05, 0) is 12.3 Å². The van der Waals surface area contributed by atoms with Gasteiger partial charge in [0.1, 0.15) is 6.11 Å². The Labute approximate surface area is 60.4 Å². The Morgan fingerprint density at radius 1 is 1.30 bits per heavy atom. The summed E-state index contributed by atoms with van der Waals surface area (Å²) in [7, 11) is 0. The van der Waals surface area contributed by atoms with Crippen molar-refractivity contribution >= 4 is 0 Å². The summed E-state index contributed by atoms with van der Waals surface area (Å²) in [6, 6.07) is 0. The van der Waals surface area contributed by atoms with Crippen LogP contribution < -0.4 is 0 Å². The average Bonchev–Trinajstić information content (AvgIpc) is 2.17. The molecule has 0 amide bonds. The second-order valence-corrected chi connectivity index (χ2v) is 1.95. The highest BCUT2D eigenvalue weighted by Gasteiger charge is 1.88. The molecule has 0 spiro atoms. The number of rotatable bonds is 0. The highest BCUT2D eigenvalue weighted by atomic mass is 16.2. The molecule has 1 aliphatic rings. The Hall–Kier alpha value is -1.42. The van der Waals surface area contributed by atoms with Crippen LogP contribution in [0.25, 0.3) is 0 Å². The molecule has 0 aromatic rings. The van der Waals surface area contributed by atoms with Crippen LogP contribution >= 0.6 is 0 Å². The van der Waals surface area contributed by atoms with Crippen molar-refractivity contribution in [3.8, 4) is 12.0 Å². The SMILES string of the molecule is OC#CC1=CC=CC=CC1. The molecule has 0 radical (unpaired) electrons. The van der Waals surface area contributed by atoms with E-state index < -0.39 is 0 Å². The van der Waals surface area contributed by atoms with Crippen molar-refractivity contribution in [2.45, 2.75) is 6.42 Å². The lowest BCUT2D eigenvalue weighted by Crippen LogP contribution is -1.73. The normalized spacial score (nSPS) is 15.0. The van der Waals surface area contributed by atoms with Gasteiger partial charge in [0, 0.05) is 5.57 Å². The average molecular weight is 132 g/mol. The molecular formula is C9H8O. The van der Waals surface area contributed by atoms with Crippen LogP contribution in [0.4, 0.5) is 0 Å². The second kappa shape index (κ2) is 3.58. The minimum atomic E-state index is 0.806. The smallest absolute Gasteiger partial charge is 0.112 e. The quantitative estimate of drug-likeness (QED) is 0.498. The highest BCUT2D eigenvalue weighted by molar-refractivity contribution is 5.35. The van der Waals surface area contributed by atoms with Crippen molar-refractivity contribution in [1.82, 2.24) is 0 Å². The Morgan fingerprint density at radius 2 is 2.20 bits per heavy atom. The van der Waals surface area contributed by atoms with Crippen molar-refractivity contribution in [3.63, 3.8) is 0 Å². The van der Waals surface area contributed by atoms with E-state index in [0.717, 1.165) is 12.0 Å². The number of aliphatic hydroxyl groups excluding tert-OH is 1. The van der Waals surface area contributed by atoms with Crippen molar-refractivity contribution in [1.29, 1.82) is 0 Å². The van der Waals surface area contributed by atoms with E-state index in [9.17, 15) is 0 Å². The molecule has 0 aliphatic heterocycles. The van der Waals surface area contributed by atoms with Gasteiger partial charge in [0.15, 0.2) is 0 Å². The summed E-state index contributed by atoms with van der Waals surface area (Å²) in [5.41, 5.74) is 0.938. The topological polar surface area (TPSA) is 20.2 Å². The largest absolute Gasteiger partial charge is 0.462 e. The Morgan fingerprint density at radius 3 is 3.00 bits per heavy atom. The van der Waals surface area contributed by atoms with Crippen LogP contribution in [0, 0.1) is 12.0 Å². The minimum Gasteiger partial charge on any atom is -0.462 e. The second-order valence-electron chi connectivity index (χ2n) is 1.95. The third-order valence-corrected chi connectivity index (χ3v) is 1.21. The number of hydrogen-bond donors (Lipinski definition) is 1. The summed E-state index contributed by atoms with van der Waals surface area (Å²) < 4.78 is 0. The maximum absolute atomic E-state index is 8.26. The summed E-state index contributed by atoms with van der Waals surface area (Å²) in [5, 5.41) is 8.26. The molecule has 1 aliphatic carbocycles. The monoisotopic (exact) mass is 132 g/mol. The van der Waals surface area contributed by atoms with E-state index in [-0.39, 0.29) is 0 Å². The van der Waals surface area contributed by atoms with Crippen molar-refractivity contribution in [3.05, 3.63) is 36.0 Å². The van der Waals surface area contributed by atoms with Gasteiger partial charge in [-0.3, -0.25) is 0 Å². The van der Waals surface area contributed by atoms with Crippen LogP contribution in [0.15, 0.2) is 36.0 Å². The molecule has 0 aromatic heterocycles. The Bertz CT molecular complexity index is 246. The molecule has 0 fully saturated rings. The molecule has 50 valence electrons. The highest BCUT2D eigenvalue weighted by Crippen LogP contribution is 2.04. The van der Waals surface area contributed by atoms with Gasteiger partial charge in [-0.2, -0.15) is 0 Å². The van der Waals surface area contributed by atoms with Gasteiger partial charge in [-0.1, -0.05) is 30.4 Å². The summed E-state index contributed by atoms with van der Waals surface area (Å²) in [4.78, 5) is 0. The zero-order valence-corrected chi connectivity index (χ0v) is 5.54. The van der Waals surface area contributed by atoms with Gasteiger partial charge in [0.05, 0.1) is 0 Å². The predicted molar refractivity (Wildman–Crippen MR) is 40.7 cm³/mol. The first-order valence-electron chi connectivity index (χ1n) is 3.11. The first-order valence-corrected chi connectivity index (χ1v) is 3.11. The minimum absolute atomic E-state index is 0.806. The van der Waals surface area contributed by atoms with Crippen LogP contribution in [0.3, 0.4) is 0 Å². The number of allylic oxidation sites excluding steroid dienone is 6. The van der Waals surface area contributed by atoms with Crippen LogP contribution in [0.2, 0.25) is 0 Å². The number of hydrogen-bond acceptors (Lipinski definition) is 1. The van der Waals surface area contributed by atoms with E-state index >= 15 is 0 Å². The molecule has 1 nitrogen and oxygen atoms in total. The lowest BCUT2D eigenvalue weighted by atomic mass is 10.2. The molecule has 0 aromatic carbocycles. The first kappa shape index (κ1) is 6.70. The van der Waals surface area contributed by atoms with Crippen molar-refractivity contribution < 1.29 is 5.11 Å². The molecular weight excluding hydrogens is 124 g/mol. The van der Waals surface area contributed by atoms with Gasteiger partial charge in [-0.15, -0.1) is 0 Å². The van der Waals surface area contributed by atoms with Gasteiger partial charge < -0.3 is 5.11 Å². The van der Waals surface area contributed by atoms with Gasteiger partial charge in [-0.25, -0.2) is 0 Å². The molecule has 1 rings (SSSR count). The third kappa shape index (κ3) is 1.83. The molecule has 0 saturated carbocycles.